The second-order valence-electron chi connectivity index (χ2n) is 3.33. The zero-order valence-corrected chi connectivity index (χ0v) is 14.9. The molecule has 1 rings (SSSR count). The molecule has 0 aliphatic carbocycles. The van der Waals surface area contributed by atoms with E-state index in [1.54, 1.807) is 0 Å². The summed E-state index contributed by atoms with van der Waals surface area (Å²) in [4.78, 5) is 0. The van der Waals surface area contributed by atoms with Gasteiger partial charge in [0.15, 0.2) is 0 Å². The van der Waals surface area contributed by atoms with E-state index in [0.29, 0.717) is 26.3 Å². The Morgan fingerprint density at radius 3 is 1.88 bits per heavy atom. The van der Waals surface area contributed by atoms with Crippen LogP contribution in [0.3, 0.4) is 0 Å². The maximum atomic E-state index is 10.6. The van der Waals surface area contributed by atoms with E-state index >= 15 is 0 Å². The van der Waals surface area contributed by atoms with Crippen LogP contribution < -0.4 is 16.8 Å². The summed E-state index contributed by atoms with van der Waals surface area (Å²) >= 11 is 0. The number of rotatable bonds is 4. The predicted octanol–water partition coefficient (Wildman–Crippen LogP) is 0.0866. The molecule has 1 aliphatic heterocycles. The Balaban J connectivity index is 0. The molecule has 5 N–H and O–H groups in total. The van der Waals surface area contributed by atoms with Crippen LogP contribution in [-0.4, -0.2) is 39.4 Å². The Kier molecular flexibility index (Phi) is 20.8. The normalized spacial score (nSPS) is 17.1. The average Bonchev–Trinajstić information content (AvgIpc) is 2.25. The summed E-state index contributed by atoms with van der Waals surface area (Å²) in [5.74, 6) is 0. The Morgan fingerprint density at radius 2 is 1.47 bits per heavy atom. The van der Waals surface area contributed by atoms with Crippen LogP contribution >= 0.6 is 8.25 Å². The Bertz CT molecular complexity index is 164. The van der Waals surface area contributed by atoms with Gasteiger partial charge in [-0.1, -0.05) is 0 Å². The van der Waals surface area contributed by atoms with Gasteiger partial charge in [0.1, 0.15) is 0 Å². The molecule has 6 nitrogen and oxygen atoms in total. The van der Waals surface area contributed by atoms with E-state index in [1.165, 1.54) is 0 Å². The van der Waals surface area contributed by atoms with E-state index in [-0.39, 0.29) is 35.6 Å². The molecule has 0 atom stereocenters. The van der Waals surface area contributed by atoms with Gasteiger partial charge in [0, 0.05) is 61.8 Å². The minimum absolute atomic E-state index is 0. The zero-order chi connectivity index (χ0) is 12.1. The molecule has 8 heteroatoms. The molecule has 0 bridgehead atoms. The van der Waals surface area contributed by atoms with Crippen LogP contribution in [0.4, 0.5) is 0 Å². The van der Waals surface area contributed by atoms with Crippen molar-refractivity contribution in [2.75, 3.05) is 39.4 Å². The molecule has 1 heterocycles. The van der Waals surface area contributed by atoms with Gasteiger partial charge >= 0.3 is 8.25 Å². The van der Waals surface area contributed by atoms with Gasteiger partial charge in [0.05, 0.1) is 13.2 Å². The van der Waals surface area contributed by atoms with Gasteiger partial charge in [0.25, 0.3) is 0 Å². The second kappa shape index (κ2) is 17.2. The standard InChI is InChI=1S/C5H11O3P.C4H13N3.La/c6-9-7-4-2-1-3-5-8-9;5-1-3-7-4-2-6;/h9H,1-5H2;7H,1-6H2;. The summed E-state index contributed by atoms with van der Waals surface area (Å²) < 4.78 is 20.2. The van der Waals surface area contributed by atoms with Crippen molar-refractivity contribution in [3.8, 4) is 0 Å². The number of hydrogen-bond acceptors (Lipinski definition) is 6. The molecular formula is C9H24LaN3O3P. The van der Waals surface area contributed by atoms with Crippen molar-refractivity contribution in [1.29, 1.82) is 0 Å². The molecule has 0 unspecified atom stereocenters. The number of hydrogen-bond donors (Lipinski definition) is 3. The molecule has 1 radical (unpaired) electrons. The second-order valence-corrected chi connectivity index (χ2v) is 4.41. The van der Waals surface area contributed by atoms with Crippen molar-refractivity contribution in [2.45, 2.75) is 19.3 Å². The van der Waals surface area contributed by atoms with Gasteiger partial charge in [-0.2, -0.15) is 0 Å². The molecule has 0 aromatic carbocycles. The van der Waals surface area contributed by atoms with Gasteiger partial charge < -0.3 is 25.8 Å². The third-order valence-corrected chi connectivity index (χ3v) is 2.75. The zero-order valence-electron chi connectivity index (χ0n) is 10.3. The minimum atomic E-state index is -2.10. The molecule has 0 spiro atoms. The van der Waals surface area contributed by atoms with Crippen LogP contribution in [-0.2, 0) is 13.6 Å². The Labute approximate surface area is 132 Å². The summed E-state index contributed by atoms with van der Waals surface area (Å²) in [6.07, 6.45) is 3.15. The molecule has 0 amide bonds. The summed E-state index contributed by atoms with van der Waals surface area (Å²) in [5.41, 5.74) is 10.3. The van der Waals surface area contributed by atoms with Gasteiger partial charge in [0.2, 0.25) is 0 Å². The summed E-state index contributed by atoms with van der Waals surface area (Å²) in [5, 5.41) is 3.03. The van der Waals surface area contributed by atoms with Crippen molar-refractivity contribution in [1.82, 2.24) is 5.32 Å². The number of nitrogens with two attached hydrogens (primary N) is 2. The molecular weight excluding hydrogens is 368 g/mol. The third kappa shape index (κ3) is 17.2. The van der Waals surface area contributed by atoms with Gasteiger partial charge in [-0.25, -0.2) is 0 Å². The summed E-state index contributed by atoms with van der Waals surface area (Å²) in [7, 11) is -2.10. The molecule has 1 fully saturated rings. The third-order valence-electron chi connectivity index (χ3n) is 1.87. The summed E-state index contributed by atoms with van der Waals surface area (Å²) in [6, 6.07) is 0. The molecule has 0 aromatic heterocycles. The van der Waals surface area contributed by atoms with E-state index in [2.05, 4.69) is 5.32 Å². The van der Waals surface area contributed by atoms with Crippen LogP contribution in [0, 0.1) is 35.6 Å². The van der Waals surface area contributed by atoms with Gasteiger partial charge in [-0.3, -0.25) is 4.57 Å². The minimum Gasteiger partial charge on any atom is -0.329 e. The predicted molar refractivity (Wildman–Crippen MR) is 65.7 cm³/mol. The van der Waals surface area contributed by atoms with E-state index in [9.17, 15) is 4.57 Å². The number of nitrogens with one attached hydrogen (secondary N) is 1. The monoisotopic (exact) mass is 392 g/mol. The maximum Gasteiger partial charge on any atom is 0.319 e. The topological polar surface area (TPSA) is 99.6 Å². The first-order chi connectivity index (χ1) is 7.81. The van der Waals surface area contributed by atoms with Gasteiger partial charge in [-0.05, 0) is 19.3 Å². The fraction of sp³-hybridized carbons (Fsp3) is 1.00. The van der Waals surface area contributed by atoms with E-state index in [0.717, 1.165) is 32.4 Å². The Morgan fingerprint density at radius 1 is 1.00 bits per heavy atom. The smallest absolute Gasteiger partial charge is 0.319 e. The van der Waals surface area contributed by atoms with Crippen LogP contribution in [0.2, 0.25) is 0 Å². The van der Waals surface area contributed by atoms with Crippen molar-refractivity contribution < 1.29 is 49.2 Å². The first-order valence-electron chi connectivity index (χ1n) is 5.71. The quantitative estimate of drug-likeness (QED) is 0.463. The molecule has 101 valence electrons. The van der Waals surface area contributed by atoms with Crippen molar-refractivity contribution in [3.63, 3.8) is 0 Å². The molecule has 17 heavy (non-hydrogen) atoms. The van der Waals surface area contributed by atoms with E-state index in [4.69, 9.17) is 20.5 Å². The molecule has 1 saturated heterocycles. The molecule has 0 saturated carbocycles. The first kappa shape index (κ1) is 20.5. The first-order valence-corrected chi connectivity index (χ1v) is 6.94. The Hall–Kier alpha value is 1.22. The average molecular weight is 392 g/mol. The van der Waals surface area contributed by atoms with Crippen molar-refractivity contribution in [2.24, 2.45) is 11.5 Å². The van der Waals surface area contributed by atoms with Crippen LogP contribution in [0.1, 0.15) is 19.3 Å². The fourth-order valence-electron chi connectivity index (χ4n) is 1.06. The van der Waals surface area contributed by atoms with Crippen LogP contribution in [0.5, 0.6) is 0 Å². The van der Waals surface area contributed by atoms with Crippen LogP contribution in [0.15, 0.2) is 0 Å². The van der Waals surface area contributed by atoms with Crippen LogP contribution in [0.25, 0.3) is 0 Å². The SMILES string of the molecule is NCCNCCN.O=[PH]1OCCCCCO1.[La]. The van der Waals surface area contributed by atoms with Gasteiger partial charge in [-0.15, -0.1) is 0 Å². The maximum absolute atomic E-state index is 10.6. The largest absolute Gasteiger partial charge is 0.329 e. The van der Waals surface area contributed by atoms with Crippen molar-refractivity contribution >= 4 is 8.25 Å². The van der Waals surface area contributed by atoms with E-state index in [1.807, 2.05) is 0 Å². The fourth-order valence-corrected chi connectivity index (χ4v) is 1.77. The van der Waals surface area contributed by atoms with Crippen molar-refractivity contribution in [3.05, 3.63) is 0 Å². The molecule has 1 aliphatic rings. The molecule has 0 aromatic rings. The van der Waals surface area contributed by atoms with E-state index < -0.39 is 8.25 Å². The summed E-state index contributed by atoms with van der Waals surface area (Å²) in [6.45, 7) is 4.32.